The number of amidine groups is 1. The Kier molecular flexibility index (Phi) is 6.69. The van der Waals surface area contributed by atoms with Gasteiger partial charge >= 0.3 is 0 Å². The van der Waals surface area contributed by atoms with Crippen molar-refractivity contribution < 1.29 is 14.4 Å². The molecule has 0 saturated heterocycles. The van der Waals surface area contributed by atoms with E-state index in [9.17, 15) is 5.11 Å². The third-order valence-electron chi connectivity index (χ3n) is 5.43. The average Bonchev–Trinajstić information content (AvgIpc) is 2.78. The number of hydrogen-bond acceptors (Lipinski definition) is 3. The van der Waals surface area contributed by atoms with Gasteiger partial charge in [-0.05, 0) is 62.6 Å². The van der Waals surface area contributed by atoms with Gasteiger partial charge < -0.3 is 9.84 Å². The monoisotopic (exact) mass is 465 g/mol. The van der Waals surface area contributed by atoms with Gasteiger partial charge in [-0.3, -0.25) is 4.58 Å². The zero-order valence-electron chi connectivity index (χ0n) is 16.1. The predicted molar refractivity (Wildman–Crippen MR) is 119 cm³/mol. The quantitative estimate of drug-likeness (QED) is 0.647. The second kappa shape index (κ2) is 8.85. The molecule has 0 fully saturated rings. The highest BCUT2D eigenvalue weighted by molar-refractivity contribution is 8.93. The van der Waals surface area contributed by atoms with Crippen molar-refractivity contribution in [2.24, 2.45) is 0 Å². The molecule has 2 aromatic rings. The van der Waals surface area contributed by atoms with Crippen molar-refractivity contribution in [2.75, 3.05) is 24.6 Å². The molecule has 150 valence electrons. The van der Waals surface area contributed by atoms with Gasteiger partial charge in [-0.25, -0.2) is 0 Å². The van der Waals surface area contributed by atoms with Crippen LogP contribution >= 0.6 is 28.6 Å². The molecule has 4 nitrogen and oxygen atoms in total. The highest BCUT2D eigenvalue weighted by Gasteiger charge is 2.54. The van der Waals surface area contributed by atoms with Crippen LogP contribution in [0.3, 0.4) is 0 Å². The maximum absolute atomic E-state index is 11.9. The molecule has 1 unspecified atom stereocenters. The lowest BCUT2D eigenvalue weighted by Crippen LogP contribution is -2.47. The molecule has 0 aromatic heterocycles. The fraction of sp³-hybridized carbons (Fsp3) is 0.409. The van der Waals surface area contributed by atoms with Gasteiger partial charge in [0.15, 0.2) is 6.54 Å². The lowest BCUT2D eigenvalue weighted by atomic mass is 9.99. The minimum atomic E-state index is -1.12. The zero-order valence-corrected chi connectivity index (χ0v) is 18.6. The number of nitrogens with zero attached hydrogens (tertiary/aromatic N) is 2. The van der Waals surface area contributed by atoms with Crippen molar-refractivity contribution in [3.8, 4) is 5.75 Å². The molecule has 0 spiro atoms. The van der Waals surface area contributed by atoms with Crippen molar-refractivity contribution in [3.63, 3.8) is 0 Å². The van der Waals surface area contributed by atoms with Crippen LogP contribution in [0.15, 0.2) is 48.5 Å². The molecule has 0 bridgehead atoms. The molecular formula is C22H27BrClN2O2+. The Morgan fingerprint density at radius 1 is 1.14 bits per heavy atom. The Labute approximate surface area is 182 Å². The molecule has 2 aliphatic rings. The second-order valence-corrected chi connectivity index (χ2v) is 7.67. The number of ether oxygens (including phenoxy) is 1. The van der Waals surface area contributed by atoms with Crippen LogP contribution in [0.4, 0.5) is 5.69 Å². The highest BCUT2D eigenvalue weighted by atomic mass is 79.9. The molecule has 2 aliphatic heterocycles. The van der Waals surface area contributed by atoms with Gasteiger partial charge in [-0.1, -0.05) is 17.7 Å². The SMILES string of the molecule is Br.CCOc1ccc(C2(O)C[N+]3=C(CCCCC3)N2c2cccc(Cl)c2)cc1. The molecule has 0 saturated carbocycles. The summed E-state index contributed by atoms with van der Waals surface area (Å²) in [5.74, 6) is 2.01. The van der Waals surface area contributed by atoms with E-state index in [-0.39, 0.29) is 17.0 Å². The molecule has 0 aliphatic carbocycles. The van der Waals surface area contributed by atoms with Crippen molar-refractivity contribution in [1.29, 1.82) is 0 Å². The Morgan fingerprint density at radius 2 is 1.93 bits per heavy atom. The summed E-state index contributed by atoms with van der Waals surface area (Å²) in [6.07, 6.45) is 4.49. The van der Waals surface area contributed by atoms with Gasteiger partial charge in [0, 0.05) is 23.1 Å². The van der Waals surface area contributed by atoms with Crippen molar-refractivity contribution in [2.45, 2.75) is 38.3 Å². The summed E-state index contributed by atoms with van der Waals surface area (Å²) in [6, 6.07) is 15.6. The summed E-state index contributed by atoms with van der Waals surface area (Å²) < 4.78 is 7.90. The Hall–Kier alpha value is -1.56. The van der Waals surface area contributed by atoms with Crippen LogP contribution in [0.2, 0.25) is 5.02 Å². The van der Waals surface area contributed by atoms with E-state index in [4.69, 9.17) is 16.3 Å². The molecule has 2 aromatic carbocycles. The van der Waals surface area contributed by atoms with Crippen LogP contribution in [-0.2, 0) is 5.72 Å². The van der Waals surface area contributed by atoms with Crippen LogP contribution in [0.5, 0.6) is 5.75 Å². The first-order valence-corrected chi connectivity index (χ1v) is 10.1. The second-order valence-electron chi connectivity index (χ2n) is 7.24. The molecule has 1 N–H and O–H groups in total. The topological polar surface area (TPSA) is 35.7 Å². The van der Waals surface area contributed by atoms with Crippen molar-refractivity contribution >= 4 is 40.1 Å². The van der Waals surface area contributed by atoms with Crippen LogP contribution in [0.1, 0.15) is 38.2 Å². The van der Waals surface area contributed by atoms with Crippen LogP contribution in [-0.4, -0.2) is 35.2 Å². The third kappa shape index (κ3) is 3.93. The number of hydrogen-bond donors (Lipinski definition) is 1. The lowest BCUT2D eigenvalue weighted by molar-refractivity contribution is -0.534. The largest absolute Gasteiger partial charge is 0.494 e. The first-order valence-electron chi connectivity index (χ1n) is 9.74. The lowest BCUT2D eigenvalue weighted by Gasteiger charge is -2.29. The van der Waals surface area contributed by atoms with Crippen LogP contribution < -0.4 is 9.64 Å². The minimum Gasteiger partial charge on any atom is -0.494 e. The first-order chi connectivity index (χ1) is 13.1. The van der Waals surface area contributed by atoms with E-state index in [0.29, 0.717) is 18.2 Å². The van der Waals surface area contributed by atoms with E-state index >= 15 is 0 Å². The average molecular weight is 467 g/mol. The standard InChI is InChI=1S/C22H26ClN2O2.BrH/c1-2-27-20-12-10-17(11-13-20)22(26)16-24-14-5-3-4-9-21(24)25(22)19-8-6-7-18(23)15-19;/h6-8,10-13,15,26H,2-5,9,14,16H2,1H3;1H/q+1;. The summed E-state index contributed by atoms with van der Waals surface area (Å²) in [4.78, 5) is 2.08. The summed E-state index contributed by atoms with van der Waals surface area (Å²) >= 11 is 6.28. The number of halogens is 2. The number of benzene rings is 2. The number of aliphatic hydroxyl groups is 1. The van der Waals surface area contributed by atoms with E-state index < -0.39 is 5.72 Å². The Bertz CT molecular complexity index is 856. The van der Waals surface area contributed by atoms with E-state index in [1.165, 1.54) is 12.3 Å². The van der Waals surface area contributed by atoms with Gasteiger partial charge in [0.2, 0.25) is 0 Å². The van der Waals surface area contributed by atoms with Gasteiger partial charge in [-0.15, -0.1) is 17.0 Å². The van der Waals surface area contributed by atoms with E-state index in [2.05, 4.69) is 9.48 Å². The molecule has 0 radical (unpaired) electrons. The van der Waals surface area contributed by atoms with Gasteiger partial charge in [0.1, 0.15) is 11.4 Å². The van der Waals surface area contributed by atoms with Crippen LogP contribution in [0, 0.1) is 0 Å². The van der Waals surface area contributed by atoms with E-state index in [1.807, 2.05) is 55.5 Å². The zero-order chi connectivity index (χ0) is 18.9. The molecular weight excluding hydrogens is 440 g/mol. The molecule has 2 heterocycles. The van der Waals surface area contributed by atoms with Crippen molar-refractivity contribution in [3.05, 3.63) is 59.1 Å². The highest BCUT2D eigenvalue weighted by Crippen LogP contribution is 2.38. The molecule has 6 heteroatoms. The molecule has 4 rings (SSSR count). The van der Waals surface area contributed by atoms with Crippen LogP contribution in [0.25, 0.3) is 0 Å². The molecule has 28 heavy (non-hydrogen) atoms. The normalized spacial score (nSPS) is 21.8. The summed E-state index contributed by atoms with van der Waals surface area (Å²) in [7, 11) is 0. The fourth-order valence-electron chi connectivity index (χ4n) is 4.21. The maximum atomic E-state index is 11.9. The minimum absolute atomic E-state index is 0. The van der Waals surface area contributed by atoms with Crippen molar-refractivity contribution in [1.82, 2.24) is 0 Å². The first kappa shape index (κ1) is 21.2. The van der Waals surface area contributed by atoms with Gasteiger partial charge in [0.25, 0.3) is 11.6 Å². The summed E-state index contributed by atoms with van der Waals surface area (Å²) in [6.45, 7) is 4.13. The number of anilines is 1. The summed E-state index contributed by atoms with van der Waals surface area (Å²) in [5, 5.41) is 12.6. The van der Waals surface area contributed by atoms with Gasteiger partial charge in [-0.2, -0.15) is 4.90 Å². The fourth-order valence-corrected chi connectivity index (χ4v) is 4.39. The smallest absolute Gasteiger partial charge is 0.275 e. The predicted octanol–water partition coefficient (Wildman–Crippen LogP) is 4.97. The number of rotatable bonds is 4. The maximum Gasteiger partial charge on any atom is 0.275 e. The van der Waals surface area contributed by atoms with E-state index in [1.54, 1.807) is 0 Å². The van der Waals surface area contributed by atoms with Gasteiger partial charge in [0.05, 0.1) is 13.2 Å². The summed E-state index contributed by atoms with van der Waals surface area (Å²) in [5.41, 5.74) is 0.673. The van der Waals surface area contributed by atoms with E-state index in [0.717, 1.165) is 42.8 Å². The third-order valence-corrected chi connectivity index (χ3v) is 5.66. The molecule has 0 amide bonds. The Balaban J connectivity index is 0.00000225. The Morgan fingerprint density at radius 3 is 2.64 bits per heavy atom. The molecule has 1 atom stereocenters.